The second-order valence-electron chi connectivity index (χ2n) is 5.39. The van der Waals surface area contributed by atoms with E-state index in [0.29, 0.717) is 19.0 Å². The summed E-state index contributed by atoms with van der Waals surface area (Å²) >= 11 is 1.58. The van der Waals surface area contributed by atoms with Gasteiger partial charge < -0.3 is 16.0 Å². The van der Waals surface area contributed by atoms with Crippen molar-refractivity contribution in [2.24, 2.45) is 4.99 Å². The first kappa shape index (κ1) is 20.7. The molecule has 2 rings (SSSR count). The summed E-state index contributed by atoms with van der Waals surface area (Å²) in [6, 6.07) is 1.69. The Morgan fingerprint density at radius 1 is 1.19 bits per heavy atom. The Morgan fingerprint density at radius 3 is 2.63 bits per heavy atom. The van der Waals surface area contributed by atoms with E-state index in [4.69, 9.17) is 0 Å². The molecule has 0 aliphatic rings. The third kappa shape index (κ3) is 5.95. The number of benzene rings is 1. The number of hydrogen-bond donors (Lipinski definition) is 3. The monoisotopic (exact) mass is 399 g/mol. The molecule has 0 saturated carbocycles. The highest BCUT2D eigenvalue weighted by Gasteiger charge is 2.15. The van der Waals surface area contributed by atoms with Crippen LogP contribution >= 0.6 is 11.3 Å². The van der Waals surface area contributed by atoms with Gasteiger partial charge in [-0.25, -0.2) is 23.1 Å². The molecule has 1 aromatic heterocycles. The summed E-state index contributed by atoms with van der Waals surface area (Å²) in [7, 11) is 0. The molecule has 0 radical (unpaired) electrons. The number of nitrogens with zero attached hydrogens (tertiary/aromatic N) is 2. The summed E-state index contributed by atoms with van der Waals surface area (Å²) in [6.45, 7) is 4.60. The first-order valence-corrected chi connectivity index (χ1v) is 9.15. The number of guanidine groups is 1. The van der Waals surface area contributed by atoms with E-state index in [1.165, 1.54) is 4.88 Å². The van der Waals surface area contributed by atoms with Crippen molar-refractivity contribution in [2.75, 3.05) is 18.4 Å². The quantitative estimate of drug-likeness (QED) is 0.380. The molecule has 0 spiro atoms. The average molecular weight is 399 g/mol. The first-order valence-electron chi connectivity index (χ1n) is 8.33. The third-order valence-electron chi connectivity index (χ3n) is 3.39. The number of nitrogens with one attached hydrogen (secondary N) is 3. The maximum Gasteiger partial charge on any atom is 0.246 e. The molecule has 146 valence electrons. The van der Waals surface area contributed by atoms with Crippen LogP contribution in [0.15, 0.2) is 23.3 Å². The van der Waals surface area contributed by atoms with Gasteiger partial charge in [0.25, 0.3) is 0 Å². The zero-order valence-corrected chi connectivity index (χ0v) is 15.7. The van der Waals surface area contributed by atoms with Gasteiger partial charge in [0.05, 0.1) is 12.2 Å². The van der Waals surface area contributed by atoms with Crippen LogP contribution in [0.3, 0.4) is 0 Å². The van der Waals surface area contributed by atoms with Crippen LogP contribution in [0.4, 0.5) is 18.9 Å². The lowest BCUT2D eigenvalue weighted by Gasteiger charge is -2.10. The molecular weight excluding hydrogens is 379 g/mol. The second-order valence-corrected chi connectivity index (χ2v) is 6.59. The highest BCUT2D eigenvalue weighted by atomic mass is 32.1. The number of halogens is 3. The Bertz CT molecular complexity index is 825. The number of rotatable bonds is 7. The van der Waals surface area contributed by atoms with Crippen LogP contribution in [0, 0.1) is 17.5 Å². The maximum atomic E-state index is 13.6. The molecule has 3 N–H and O–H groups in total. The molecule has 0 fully saturated rings. The molecule has 6 nitrogen and oxygen atoms in total. The van der Waals surface area contributed by atoms with Gasteiger partial charge in [-0.05, 0) is 25.5 Å². The lowest BCUT2D eigenvalue weighted by Crippen LogP contribution is -2.37. The highest BCUT2D eigenvalue weighted by molar-refractivity contribution is 7.11. The van der Waals surface area contributed by atoms with E-state index >= 15 is 0 Å². The fraction of sp³-hybridized carbons (Fsp3) is 0.353. The van der Waals surface area contributed by atoms with Crippen LogP contribution in [0.2, 0.25) is 0 Å². The lowest BCUT2D eigenvalue weighted by atomic mass is 10.3. The zero-order valence-electron chi connectivity index (χ0n) is 14.9. The van der Waals surface area contributed by atoms with Crippen LogP contribution < -0.4 is 16.0 Å². The lowest BCUT2D eigenvalue weighted by molar-refractivity contribution is -0.114. The van der Waals surface area contributed by atoms with Crippen molar-refractivity contribution in [3.8, 4) is 0 Å². The molecule has 0 aliphatic carbocycles. The zero-order chi connectivity index (χ0) is 19.8. The fourth-order valence-electron chi connectivity index (χ4n) is 2.06. The van der Waals surface area contributed by atoms with Crippen molar-refractivity contribution < 1.29 is 18.0 Å². The van der Waals surface area contributed by atoms with Crippen molar-refractivity contribution in [1.29, 1.82) is 0 Å². The molecule has 10 heteroatoms. The minimum absolute atomic E-state index is 0.328. The van der Waals surface area contributed by atoms with Crippen molar-refractivity contribution >= 4 is 28.9 Å². The molecule has 1 heterocycles. The standard InChI is InChI=1S/C17H20F3N5OS/c1-3-10-7-22-14(27-10)9-24-17(21-4-2)23-8-13(26)25-12-6-5-11(18)15(19)16(12)20/h5-7H,3-4,8-9H2,1-2H3,(H,25,26)(H2,21,23,24). The molecular formula is C17H20F3N5OS. The van der Waals surface area contributed by atoms with E-state index in [0.717, 1.165) is 23.6 Å². The molecule has 0 atom stereocenters. The Hall–Kier alpha value is -2.62. The summed E-state index contributed by atoms with van der Waals surface area (Å²) in [5.41, 5.74) is -0.443. The van der Waals surface area contributed by atoms with Gasteiger partial charge in [0.15, 0.2) is 23.4 Å². The van der Waals surface area contributed by atoms with Crippen LogP contribution in [-0.4, -0.2) is 29.9 Å². The topological polar surface area (TPSA) is 78.4 Å². The first-order chi connectivity index (χ1) is 12.9. The molecule has 2 aromatic rings. The van der Waals surface area contributed by atoms with Crippen LogP contribution in [0.5, 0.6) is 0 Å². The number of aryl methyl sites for hydroxylation is 1. The number of thiazole rings is 1. The SMILES string of the molecule is CCNC(=NCC(=O)Nc1ccc(F)c(F)c1F)NCc1ncc(CC)s1. The van der Waals surface area contributed by atoms with E-state index in [9.17, 15) is 18.0 Å². The smallest absolute Gasteiger partial charge is 0.246 e. The van der Waals surface area contributed by atoms with Crippen LogP contribution in [-0.2, 0) is 17.8 Å². The third-order valence-corrected chi connectivity index (χ3v) is 4.53. The Balaban J connectivity index is 1.94. The van der Waals surface area contributed by atoms with Gasteiger partial charge in [0, 0.05) is 17.6 Å². The minimum Gasteiger partial charge on any atom is -0.357 e. The summed E-state index contributed by atoms with van der Waals surface area (Å²) in [5.74, 6) is -4.70. The van der Waals surface area contributed by atoms with E-state index in [2.05, 4.69) is 25.9 Å². The fourth-order valence-corrected chi connectivity index (χ4v) is 2.86. The van der Waals surface area contributed by atoms with Crippen LogP contribution in [0.1, 0.15) is 23.7 Å². The second kappa shape index (κ2) is 9.91. The van der Waals surface area contributed by atoms with E-state index in [-0.39, 0.29) is 6.54 Å². The van der Waals surface area contributed by atoms with Crippen molar-refractivity contribution in [2.45, 2.75) is 26.8 Å². The summed E-state index contributed by atoms with van der Waals surface area (Å²) in [4.78, 5) is 21.5. The number of carbonyl (C=O) groups is 1. The molecule has 0 unspecified atom stereocenters. The normalized spacial score (nSPS) is 11.4. The molecule has 0 bridgehead atoms. The molecule has 27 heavy (non-hydrogen) atoms. The predicted octanol–water partition coefficient (Wildman–Crippen LogP) is 2.82. The summed E-state index contributed by atoms with van der Waals surface area (Å²) in [6.07, 6.45) is 2.72. The Morgan fingerprint density at radius 2 is 1.96 bits per heavy atom. The van der Waals surface area contributed by atoms with Gasteiger partial charge in [-0.2, -0.15) is 0 Å². The number of anilines is 1. The summed E-state index contributed by atoms with van der Waals surface area (Å²) < 4.78 is 39.7. The van der Waals surface area contributed by atoms with Crippen molar-refractivity contribution in [1.82, 2.24) is 15.6 Å². The number of hydrogen-bond acceptors (Lipinski definition) is 4. The van der Waals surface area contributed by atoms with Gasteiger partial charge in [0.1, 0.15) is 11.6 Å². The molecule has 0 aliphatic heterocycles. The number of amides is 1. The number of carbonyl (C=O) groups excluding carboxylic acids is 1. The Kier molecular flexibility index (Phi) is 7.59. The Labute approximate surface area is 158 Å². The van der Waals surface area contributed by atoms with Gasteiger partial charge in [0.2, 0.25) is 5.91 Å². The number of aromatic nitrogens is 1. The van der Waals surface area contributed by atoms with Crippen molar-refractivity contribution in [3.05, 3.63) is 45.7 Å². The minimum atomic E-state index is -1.64. The van der Waals surface area contributed by atoms with E-state index in [1.54, 1.807) is 11.3 Å². The van der Waals surface area contributed by atoms with E-state index < -0.39 is 29.0 Å². The van der Waals surface area contributed by atoms with Crippen molar-refractivity contribution in [3.63, 3.8) is 0 Å². The molecule has 1 amide bonds. The average Bonchev–Trinajstić information content (AvgIpc) is 3.12. The van der Waals surface area contributed by atoms with Gasteiger partial charge in [-0.1, -0.05) is 6.92 Å². The van der Waals surface area contributed by atoms with Gasteiger partial charge in [-0.15, -0.1) is 11.3 Å². The van der Waals surface area contributed by atoms with Gasteiger partial charge >= 0.3 is 0 Å². The molecule has 0 saturated heterocycles. The van der Waals surface area contributed by atoms with E-state index in [1.807, 2.05) is 20.0 Å². The van der Waals surface area contributed by atoms with Gasteiger partial charge in [-0.3, -0.25) is 4.79 Å². The number of aliphatic imine (C=N–C) groups is 1. The predicted molar refractivity (Wildman–Crippen MR) is 99.3 cm³/mol. The van der Waals surface area contributed by atoms with Crippen LogP contribution in [0.25, 0.3) is 0 Å². The maximum absolute atomic E-state index is 13.6. The highest BCUT2D eigenvalue weighted by Crippen LogP contribution is 2.19. The largest absolute Gasteiger partial charge is 0.357 e. The summed E-state index contributed by atoms with van der Waals surface area (Å²) in [5, 5.41) is 9.06. The molecule has 1 aromatic carbocycles.